The summed E-state index contributed by atoms with van der Waals surface area (Å²) in [5.74, 6) is 1.67. The van der Waals surface area contributed by atoms with Crippen LogP contribution in [-0.4, -0.2) is 47.5 Å². The third-order valence-corrected chi connectivity index (χ3v) is 10.0. The Balaban J connectivity index is 1.99. The largest absolute Gasteiger partial charge is 0.318 e. The van der Waals surface area contributed by atoms with Crippen molar-refractivity contribution in [3.8, 4) is 0 Å². The van der Waals surface area contributed by atoms with Crippen LogP contribution in [0.5, 0.6) is 0 Å². The quantitative estimate of drug-likeness (QED) is 0.0586. The van der Waals surface area contributed by atoms with Gasteiger partial charge in [0.05, 0.1) is 7.05 Å². The van der Waals surface area contributed by atoms with Gasteiger partial charge in [-0.3, -0.25) is 9.37 Å². The lowest BCUT2D eigenvalue weighted by Gasteiger charge is -2.22. The van der Waals surface area contributed by atoms with Gasteiger partial charge in [0.15, 0.2) is 6.17 Å². The zero-order chi connectivity index (χ0) is 31.9. The minimum absolute atomic E-state index is 0.102. The molecule has 1 N–H and O–H groups in total. The van der Waals surface area contributed by atoms with Crippen molar-refractivity contribution >= 4 is 11.7 Å². The van der Waals surface area contributed by atoms with Gasteiger partial charge in [-0.15, -0.1) is 0 Å². The number of rotatable bonds is 33. The molecule has 0 bridgehead atoms. The van der Waals surface area contributed by atoms with Crippen molar-refractivity contribution < 1.29 is 9.37 Å². The van der Waals surface area contributed by atoms with E-state index in [9.17, 15) is 4.79 Å². The Bertz CT molecular complexity index is 676. The van der Waals surface area contributed by atoms with Crippen molar-refractivity contribution in [2.24, 2.45) is 0 Å². The van der Waals surface area contributed by atoms with E-state index >= 15 is 0 Å². The number of amides is 1. The molecule has 1 amide bonds. The number of carbonyl (C=O) groups is 1. The predicted octanol–water partition coefficient (Wildman–Crippen LogP) is 11.9. The predicted molar refractivity (Wildman–Crippen MR) is 195 cm³/mol. The number of carbonyl (C=O) groups excluding carboxylic acids is 1. The van der Waals surface area contributed by atoms with Gasteiger partial charge in [-0.25, -0.2) is 4.90 Å². The monoisotopic (exact) mass is 619 g/mol. The molecule has 0 saturated carbocycles. The average molecular weight is 619 g/mol. The molecular weight excluding hydrogens is 538 g/mol. The second-order valence-corrected chi connectivity index (χ2v) is 14.3. The molecule has 1 aliphatic heterocycles. The van der Waals surface area contributed by atoms with Crippen LogP contribution in [0.4, 0.5) is 0 Å². The van der Waals surface area contributed by atoms with Crippen molar-refractivity contribution in [2.75, 3.05) is 20.1 Å². The van der Waals surface area contributed by atoms with E-state index in [0.717, 1.165) is 25.9 Å². The first-order chi connectivity index (χ1) is 21.6. The highest BCUT2D eigenvalue weighted by Crippen LogP contribution is 2.17. The maximum absolute atomic E-state index is 12.7. The van der Waals surface area contributed by atoms with Crippen molar-refractivity contribution in [1.82, 2.24) is 10.2 Å². The van der Waals surface area contributed by atoms with E-state index in [-0.39, 0.29) is 12.1 Å². The van der Waals surface area contributed by atoms with E-state index in [1.165, 1.54) is 186 Å². The Morgan fingerprint density at radius 2 is 0.932 bits per heavy atom. The fourth-order valence-corrected chi connectivity index (χ4v) is 7.00. The molecular formula is C40H80N3O+. The van der Waals surface area contributed by atoms with Gasteiger partial charge >= 0.3 is 0 Å². The van der Waals surface area contributed by atoms with Crippen LogP contribution in [0.15, 0.2) is 0 Å². The van der Waals surface area contributed by atoms with E-state index in [4.69, 9.17) is 0 Å². The molecule has 1 atom stereocenters. The van der Waals surface area contributed by atoms with Gasteiger partial charge in [0.2, 0.25) is 11.7 Å². The zero-order valence-electron chi connectivity index (χ0n) is 30.7. The molecule has 4 heteroatoms. The molecule has 0 spiro atoms. The summed E-state index contributed by atoms with van der Waals surface area (Å²) in [6.45, 7) is 8.87. The highest BCUT2D eigenvalue weighted by atomic mass is 16.1. The van der Waals surface area contributed by atoms with Crippen LogP contribution in [0.2, 0.25) is 0 Å². The maximum Gasteiger partial charge on any atom is 0.248 e. The number of unbranched alkanes of at least 4 members (excludes halogenated alkanes) is 27. The SMILES string of the molecule is CCCCCCCCCCCCCCCCCCC1=[N+](C)CCN1C(C)NC(=O)CCCCCCCCCCCCCCC. The lowest BCUT2D eigenvalue weighted by molar-refractivity contribution is -0.487. The summed E-state index contributed by atoms with van der Waals surface area (Å²) in [4.78, 5) is 15.1. The van der Waals surface area contributed by atoms with Crippen molar-refractivity contribution in [3.63, 3.8) is 0 Å². The standard InChI is InChI=1S/C40H79N3O/c1-5-7-9-11-13-15-17-19-20-21-23-25-27-29-31-33-35-40-42(4)36-37-43(40)38(3)41-39(44)34-32-30-28-26-24-22-18-16-14-12-10-8-6-2/h38H,5-37H2,1-4H3/p+1. The molecule has 0 radical (unpaired) electrons. The highest BCUT2D eigenvalue weighted by Gasteiger charge is 2.32. The lowest BCUT2D eigenvalue weighted by Crippen LogP contribution is -2.48. The second kappa shape index (κ2) is 30.6. The van der Waals surface area contributed by atoms with Crippen LogP contribution in [0.1, 0.15) is 220 Å². The first-order valence-electron chi connectivity index (χ1n) is 20.2. The molecule has 0 saturated heterocycles. The summed E-state index contributed by atoms with van der Waals surface area (Å²) in [6.07, 6.45) is 42.1. The number of likely N-dealkylation sites (N-methyl/N-ethyl adjacent to an activating group) is 1. The topological polar surface area (TPSA) is 35.4 Å². The first kappa shape index (κ1) is 41.0. The van der Waals surface area contributed by atoms with E-state index in [0.29, 0.717) is 6.42 Å². The molecule has 4 nitrogen and oxygen atoms in total. The molecule has 1 aliphatic rings. The molecule has 1 unspecified atom stereocenters. The Morgan fingerprint density at radius 1 is 0.591 bits per heavy atom. The molecule has 1 heterocycles. The van der Waals surface area contributed by atoms with Gasteiger partial charge in [0, 0.05) is 12.8 Å². The average Bonchev–Trinajstić information content (AvgIpc) is 3.39. The number of amidine groups is 1. The minimum Gasteiger partial charge on any atom is -0.318 e. The fourth-order valence-electron chi connectivity index (χ4n) is 7.00. The Hall–Kier alpha value is -1.06. The third kappa shape index (κ3) is 23.3. The van der Waals surface area contributed by atoms with E-state index < -0.39 is 0 Å². The summed E-state index contributed by atoms with van der Waals surface area (Å²) in [5, 5.41) is 3.31. The summed E-state index contributed by atoms with van der Waals surface area (Å²) >= 11 is 0. The van der Waals surface area contributed by atoms with Crippen LogP contribution in [0, 0.1) is 0 Å². The molecule has 0 fully saturated rings. The Labute approximate surface area is 277 Å². The van der Waals surface area contributed by atoms with Crippen LogP contribution in [0.3, 0.4) is 0 Å². The lowest BCUT2D eigenvalue weighted by atomic mass is 10.0. The summed E-state index contributed by atoms with van der Waals surface area (Å²) in [7, 11) is 2.23. The fraction of sp³-hybridized carbons (Fsp3) is 0.950. The van der Waals surface area contributed by atoms with Gasteiger partial charge in [-0.05, 0) is 19.8 Å². The first-order valence-corrected chi connectivity index (χ1v) is 20.2. The van der Waals surface area contributed by atoms with Gasteiger partial charge in [0.1, 0.15) is 13.1 Å². The van der Waals surface area contributed by atoms with Crippen LogP contribution < -0.4 is 5.32 Å². The van der Waals surface area contributed by atoms with E-state index in [1.807, 2.05) is 0 Å². The van der Waals surface area contributed by atoms with E-state index in [1.54, 1.807) is 0 Å². The molecule has 1 rings (SSSR count). The highest BCUT2D eigenvalue weighted by molar-refractivity contribution is 5.80. The van der Waals surface area contributed by atoms with Crippen LogP contribution in [-0.2, 0) is 4.79 Å². The van der Waals surface area contributed by atoms with Gasteiger partial charge in [-0.1, -0.05) is 187 Å². The van der Waals surface area contributed by atoms with Crippen molar-refractivity contribution in [3.05, 3.63) is 0 Å². The molecule has 0 aromatic heterocycles. The molecule has 260 valence electrons. The minimum atomic E-state index is 0.102. The zero-order valence-corrected chi connectivity index (χ0v) is 30.7. The van der Waals surface area contributed by atoms with Crippen LogP contribution in [0.25, 0.3) is 0 Å². The number of hydrogen-bond donors (Lipinski definition) is 1. The van der Waals surface area contributed by atoms with Gasteiger partial charge in [0.25, 0.3) is 0 Å². The summed E-state index contributed by atoms with van der Waals surface area (Å²) in [5.41, 5.74) is 0. The smallest absolute Gasteiger partial charge is 0.248 e. The summed E-state index contributed by atoms with van der Waals surface area (Å²) in [6, 6.07) is 0. The van der Waals surface area contributed by atoms with Crippen molar-refractivity contribution in [1.29, 1.82) is 0 Å². The summed E-state index contributed by atoms with van der Waals surface area (Å²) < 4.78 is 2.42. The number of hydrogen-bond acceptors (Lipinski definition) is 2. The van der Waals surface area contributed by atoms with E-state index in [2.05, 4.69) is 42.6 Å². The third-order valence-electron chi connectivity index (χ3n) is 10.0. The molecule has 0 aromatic carbocycles. The Kier molecular flexibility index (Phi) is 28.5. The maximum atomic E-state index is 12.7. The van der Waals surface area contributed by atoms with Gasteiger partial charge < -0.3 is 5.32 Å². The van der Waals surface area contributed by atoms with Crippen molar-refractivity contribution in [2.45, 2.75) is 226 Å². The number of nitrogens with zero attached hydrogens (tertiary/aromatic N) is 2. The molecule has 44 heavy (non-hydrogen) atoms. The molecule has 0 aliphatic carbocycles. The molecule has 0 aromatic rings. The Morgan fingerprint density at radius 3 is 1.32 bits per heavy atom. The van der Waals surface area contributed by atoms with Gasteiger partial charge in [-0.2, -0.15) is 0 Å². The normalized spacial score (nSPS) is 14.1. The number of nitrogens with one attached hydrogen (secondary N) is 1. The second-order valence-electron chi connectivity index (χ2n) is 14.3. The van der Waals surface area contributed by atoms with Crippen LogP contribution >= 0.6 is 0 Å².